The normalized spacial score (nSPS) is 21.2. The second kappa shape index (κ2) is 11.3. The van der Waals surface area contributed by atoms with Crippen LogP contribution in [0.2, 0.25) is 0 Å². The zero-order valence-corrected chi connectivity index (χ0v) is 19.0. The van der Waals surface area contributed by atoms with Crippen molar-refractivity contribution >= 4 is 5.97 Å². The van der Waals surface area contributed by atoms with E-state index in [-0.39, 0.29) is 34.9 Å². The number of carbonyl (C=O) groups excluding carboxylic acids is 1. The molecule has 0 bridgehead atoms. The Morgan fingerprint density at radius 2 is 1.65 bits per heavy atom. The van der Waals surface area contributed by atoms with Gasteiger partial charge in [0.15, 0.2) is 0 Å². The summed E-state index contributed by atoms with van der Waals surface area (Å²) in [6.07, 6.45) is 6.32. The fourth-order valence-electron chi connectivity index (χ4n) is 4.32. The molecule has 0 saturated heterocycles. The fraction of sp³-hybridized carbons (Fsp3) is 0.957. The van der Waals surface area contributed by atoms with Crippen molar-refractivity contribution in [2.75, 3.05) is 0 Å². The summed E-state index contributed by atoms with van der Waals surface area (Å²) in [6, 6.07) is 0. The predicted octanol–water partition coefficient (Wildman–Crippen LogP) is 6.37. The predicted molar refractivity (Wildman–Crippen MR) is 111 cm³/mol. The molecule has 0 fully saturated rings. The van der Waals surface area contributed by atoms with Crippen LogP contribution in [0.3, 0.4) is 0 Å². The van der Waals surface area contributed by atoms with Gasteiger partial charge in [0, 0.05) is 12.3 Å². The first-order valence-corrected chi connectivity index (χ1v) is 10.9. The largest absolute Gasteiger partial charge is 0.462 e. The van der Waals surface area contributed by atoms with Crippen LogP contribution in [0, 0.1) is 22.7 Å². The lowest BCUT2D eigenvalue weighted by atomic mass is 9.55. The van der Waals surface area contributed by atoms with E-state index >= 15 is 0 Å². The molecule has 0 saturated carbocycles. The monoisotopic (exact) mass is 370 g/mol. The molecule has 0 rings (SSSR count). The van der Waals surface area contributed by atoms with Gasteiger partial charge in [-0.2, -0.15) is 0 Å². The molecular formula is C23H46O3. The minimum absolute atomic E-state index is 0.0765. The number of aliphatic hydroxyl groups is 1. The highest BCUT2D eigenvalue weighted by molar-refractivity contribution is 5.66. The zero-order chi connectivity index (χ0) is 20.5. The van der Waals surface area contributed by atoms with E-state index < -0.39 is 0 Å². The number of hydrogen-bond donors (Lipinski definition) is 1. The van der Waals surface area contributed by atoms with Gasteiger partial charge in [0.2, 0.25) is 0 Å². The summed E-state index contributed by atoms with van der Waals surface area (Å²) < 4.78 is 5.92. The van der Waals surface area contributed by atoms with Crippen LogP contribution in [0.15, 0.2) is 0 Å². The van der Waals surface area contributed by atoms with Crippen molar-refractivity contribution in [2.24, 2.45) is 22.7 Å². The van der Waals surface area contributed by atoms with Crippen LogP contribution in [0.25, 0.3) is 0 Å². The summed E-state index contributed by atoms with van der Waals surface area (Å²) in [6.45, 7) is 19.2. The highest BCUT2D eigenvalue weighted by atomic mass is 16.5. The van der Waals surface area contributed by atoms with E-state index in [1.165, 1.54) is 6.92 Å². The Kier molecular flexibility index (Phi) is 11.1. The molecule has 3 nitrogen and oxygen atoms in total. The van der Waals surface area contributed by atoms with Crippen molar-refractivity contribution in [2.45, 2.75) is 119 Å². The Bertz CT molecular complexity index is 408. The van der Waals surface area contributed by atoms with Crippen molar-refractivity contribution in [3.63, 3.8) is 0 Å². The van der Waals surface area contributed by atoms with Crippen LogP contribution in [-0.2, 0) is 9.53 Å². The first-order chi connectivity index (χ1) is 12.0. The maximum Gasteiger partial charge on any atom is 0.302 e. The topological polar surface area (TPSA) is 46.5 Å². The number of carbonyl (C=O) groups is 1. The quantitative estimate of drug-likeness (QED) is 0.383. The molecule has 3 heteroatoms. The van der Waals surface area contributed by atoms with E-state index in [0.29, 0.717) is 5.92 Å². The van der Waals surface area contributed by atoms with Gasteiger partial charge in [-0.25, -0.2) is 0 Å². The summed E-state index contributed by atoms with van der Waals surface area (Å²) in [4.78, 5) is 11.9. The molecule has 0 aliphatic carbocycles. The van der Waals surface area contributed by atoms with Gasteiger partial charge in [-0.1, -0.05) is 74.7 Å². The van der Waals surface area contributed by atoms with Gasteiger partial charge in [-0.15, -0.1) is 0 Å². The van der Waals surface area contributed by atoms with E-state index in [2.05, 4.69) is 55.4 Å². The molecule has 0 aromatic rings. The molecule has 0 aromatic heterocycles. The molecule has 1 N–H and O–H groups in total. The molecule has 0 radical (unpaired) electrons. The Balaban J connectivity index is 5.90. The number of ether oxygens (including phenoxy) is 1. The van der Waals surface area contributed by atoms with Gasteiger partial charge in [-0.05, 0) is 42.9 Å². The van der Waals surface area contributed by atoms with Crippen LogP contribution in [0.5, 0.6) is 0 Å². The molecule has 0 aromatic carbocycles. The molecular weight excluding hydrogens is 324 g/mol. The van der Waals surface area contributed by atoms with E-state index in [9.17, 15) is 9.90 Å². The Morgan fingerprint density at radius 3 is 2.04 bits per heavy atom. The van der Waals surface area contributed by atoms with Gasteiger partial charge in [0.1, 0.15) is 6.10 Å². The third-order valence-corrected chi connectivity index (χ3v) is 7.21. The van der Waals surface area contributed by atoms with Crippen LogP contribution in [-0.4, -0.2) is 23.3 Å². The average molecular weight is 371 g/mol. The van der Waals surface area contributed by atoms with E-state index in [1.807, 2.05) is 0 Å². The highest BCUT2D eigenvalue weighted by Gasteiger charge is 2.50. The molecule has 0 aliphatic heterocycles. The van der Waals surface area contributed by atoms with Crippen molar-refractivity contribution < 1.29 is 14.6 Å². The first kappa shape index (κ1) is 25.4. The second-order valence-electron chi connectivity index (χ2n) is 9.09. The SMILES string of the molecule is CCCC(C)(CC(O)C(C)CC)C(C)(CC)C(CC(C)CC)OC(C)=O. The molecule has 0 aliphatic rings. The molecule has 0 amide bonds. The van der Waals surface area contributed by atoms with Crippen molar-refractivity contribution in [1.29, 1.82) is 0 Å². The lowest BCUT2D eigenvalue weighted by molar-refractivity contribution is -0.167. The Labute approximate surface area is 163 Å². The average Bonchev–Trinajstić information content (AvgIpc) is 2.58. The summed E-state index contributed by atoms with van der Waals surface area (Å²) in [5.74, 6) is 0.601. The van der Waals surface area contributed by atoms with Gasteiger partial charge in [-0.3, -0.25) is 4.79 Å². The third kappa shape index (κ3) is 6.55. The van der Waals surface area contributed by atoms with Crippen molar-refractivity contribution in [3.05, 3.63) is 0 Å². The van der Waals surface area contributed by atoms with E-state index in [4.69, 9.17) is 4.74 Å². The lowest BCUT2D eigenvalue weighted by Gasteiger charge is -2.52. The number of rotatable bonds is 13. The molecule has 156 valence electrons. The van der Waals surface area contributed by atoms with Crippen LogP contribution >= 0.6 is 0 Å². The molecule has 0 heterocycles. The number of aliphatic hydroxyl groups excluding tert-OH is 1. The van der Waals surface area contributed by atoms with Gasteiger partial charge >= 0.3 is 5.97 Å². The summed E-state index contributed by atoms with van der Waals surface area (Å²) in [7, 11) is 0. The van der Waals surface area contributed by atoms with Crippen LogP contribution in [0.1, 0.15) is 107 Å². The number of esters is 1. The third-order valence-electron chi connectivity index (χ3n) is 7.21. The van der Waals surface area contributed by atoms with E-state index in [0.717, 1.165) is 44.9 Å². The molecule has 0 spiro atoms. The molecule has 6 unspecified atom stereocenters. The maximum absolute atomic E-state index is 11.9. The minimum Gasteiger partial charge on any atom is -0.462 e. The van der Waals surface area contributed by atoms with Crippen molar-refractivity contribution in [1.82, 2.24) is 0 Å². The standard InChI is InChI=1S/C23H46O3/c1-10-14-22(8,16-20(25)18(6)12-3)23(9,13-4)21(26-19(7)24)15-17(5)11-2/h17-18,20-21,25H,10-16H2,1-9H3. The van der Waals surface area contributed by atoms with Crippen LogP contribution < -0.4 is 0 Å². The second-order valence-corrected chi connectivity index (χ2v) is 9.09. The summed E-state index contributed by atoms with van der Waals surface area (Å²) in [5.41, 5.74) is -0.237. The number of hydrogen-bond acceptors (Lipinski definition) is 3. The Hall–Kier alpha value is -0.570. The first-order valence-electron chi connectivity index (χ1n) is 10.9. The van der Waals surface area contributed by atoms with Gasteiger partial charge in [0.05, 0.1) is 6.10 Å². The van der Waals surface area contributed by atoms with Gasteiger partial charge < -0.3 is 9.84 Å². The Morgan fingerprint density at radius 1 is 1.08 bits per heavy atom. The lowest BCUT2D eigenvalue weighted by Crippen LogP contribution is -2.50. The molecule has 6 atom stereocenters. The highest BCUT2D eigenvalue weighted by Crippen LogP contribution is 2.53. The van der Waals surface area contributed by atoms with Crippen LogP contribution in [0.4, 0.5) is 0 Å². The minimum atomic E-state index is -0.316. The summed E-state index contributed by atoms with van der Waals surface area (Å²) >= 11 is 0. The summed E-state index contributed by atoms with van der Waals surface area (Å²) in [5, 5.41) is 10.8. The van der Waals surface area contributed by atoms with Crippen molar-refractivity contribution in [3.8, 4) is 0 Å². The van der Waals surface area contributed by atoms with E-state index in [1.54, 1.807) is 0 Å². The fourth-order valence-corrected chi connectivity index (χ4v) is 4.32. The zero-order valence-electron chi connectivity index (χ0n) is 19.0. The maximum atomic E-state index is 11.9. The van der Waals surface area contributed by atoms with Gasteiger partial charge in [0.25, 0.3) is 0 Å². The molecule has 26 heavy (non-hydrogen) atoms. The smallest absolute Gasteiger partial charge is 0.302 e.